The van der Waals surface area contributed by atoms with Crippen molar-refractivity contribution in [1.29, 1.82) is 0 Å². The highest BCUT2D eigenvalue weighted by Gasteiger charge is 2.27. The summed E-state index contributed by atoms with van der Waals surface area (Å²) in [5.41, 5.74) is 0.480. The number of nitrogens with zero attached hydrogens (tertiary/aromatic N) is 2. The summed E-state index contributed by atoms with van der Waals surface area (Å²) < 4.78 is 0. The number of anilines is 1. The van der Waals surface area contributed by atoms with Gasteiger partial charge in [-0.1, -0.05) is 6.07 Å². The van der Waals surface area contributed by atoms with E-state index in [9.17, 15) is 4.79 Å². The second-order valence-electron chi connectivity index (χ2n) is 5.10. The van der Waals surface area contributed by atoms with Crippen LogP contribution >= 0.6 is 0 Å². The Hall–Kier alpha value is -1.62. The first-order valence-electron chi connectivity index (χ1n) is 7.39. The number of hydrogen-bond donors (Lipinski definition) is 2. The summed E-state index contributed by atoms with van der Waals surface area (Å²) in [6, 6.07) is 5.62. The fourth-order valence-corrected chi connectivity index (χ4v) is 2.70. The minimum Gasteiger partial charge on any atom is -0.396 e. The lowest BCUT2D eigenvalue weighted by molar-refractivity contribution is 0.0569. The van der Waals surface area contributed by atoms with Gasteiger partial charge in [0.2, 0.25) is 0 Å². The number of piperidine rings is 1. The molecule has 1 fully saturated rings. The summed E-state index contributed by atoms with van der Waals surface area (Å²) in [5.74, 6) is 0.706. The van der Waals surface area contributed by atoms with E-state index in [-0.39, 0.29) is 18.6 Å². The van der Waals surface area contributed by atoms with Gasteiger partial charge >= 0.3 is 0 Å². The van der Waals surface area contributed by atoms with E-state index in [1.54, 1.807) is 6.07 Å². The van der Waals surface area contributed by atoms with Crippen molar-refractivity contribution < 1.29 is 9.90 Å². The van der Waals surface area contributed by atoms with Gasteiger partial charge in [-0.3, -0.25) is 4.79 Å². The van der Waals surface area contributed by atoms with Gasteiger partial charge in [0.1, 0.15) is 11.5 Å². The molecule has 1 aromatic rings. The van der Waals surface area contributed by atoms with Crippen molar-refractivity contribution >= 4 is 11.7 Å². The molecule has 2 rings (SSSR count). The largest absolute Gasteiger partial charge is 0.396 e. The second-order valence-corrected chi connectivity index (χ2v) is 5.10. The molecule has 2 N–H and O–H groups in total. The maximum atomic E-state index is 12.6. The van der Waals surface area contributed by atoms with Crippen molar-refractivity contribution in [1.82, 2.24) is 9.88 Å². The van der Waals surface area contributed by atoms with E-state index in [2.05, 4.69) is 10.3 Å². The van der Waals surface area contributed by atoms with Crippen molar-refractivity contribution in [2.24, 2.45) is 0 Å². The van der Waals surface area contributed by atoms with Gasteiger partial charge in [0.05, 0.1) is 0 Å². The topological polar surface area (TPSA) is 65.5 Å². The summed E-state index contributed by atoms with van der Waals surface area (Å²) in [5, 5.41) is 12.3. The number of aliphatic hydroxyl groups is 1. The summed E-state index contributed by atoms with van der Waals surface area (Å²) in [4.78, 5) is 18.8. The lowest BCUT2D eigenvalue weighted by Crippen LogP contribution is -2.44. The molecule has 5 nitrogen and oxygen atoms in total. The monoisotopic (exact) mass is 277 g/mol. The number of amides is 1. The van der Waals surface area contributed by atoms with Crippen LogP contribution in [0.3, 0.4) is 0 Å². The highest BCUT2D eigenvalue weighted by molar-refractivity contribution is 5.93. The molecule has 0 aliphatic carbocycles. The van der Waals surface area contributed by atoms with Gasteiger partial charge in [-0.25, -0.2) is 4.98 Å². The van der Waals surface area contributed by atoms with E-state index in [1.807, 2.05) is 24.0 Å². The van der Waals surface area contributed by atoms with Crippen LogP contribution in [0, 0.1) is 0 Å². The predicted molar refractivity (Wildman–Crippen MR) is 78.8 cm³/mol. The SMILES string of the molecule is CCNc1cccc(C(=O)N2CCCCC2CCO)n1. The van der Waals surface area contributed by atoms with Crippen LogP contribution in [-0.4, -0.2) is 46.6 Å². The Balaban J connectivity index is 2.13. The van der Waals surface area contributed by atoms with E-state index >= 15 is 0 Å². The van der Waals surface area contributed by atoms with Crippen molar-refractivity contribution in [2.45, 2.75) is 38.6 Å². The first-order valence-corrected chi connectivity index (χ1v) is 7.39. The lowest BCUT2D eigenvalue weighted by Gasteiger charge is -2.35. The Bertz CT molecular complexity index is 448. The maximum absolute atomic E-state index is 12.6. The van der Waals surface area contributed by atoms with E-state index < -0.39 is 0 Å². The first-order chi connectivity index (χ1) is 9.76. The molecular weight excluding hydrogens is 254 g/mol. The average molecular weight is 277 g/mol. The molecule has 110 valence electrons. The molecule has 1 aliphatic heterocycles. The van der Waals surface area contributed by atoms with E-state index in [0.717, 1.165) is 38.2 Å². The summed E-state index contributed by atoms with van der Waals surface area (Å²) in [6.45, 7) is 3.66. The van der Waals surface area contributed by atoms with E-state index in [0.29, 0.717) is 12.1 Å². The molecule has 0 radical (unpaired) electrons. The number of aromatic nitrogens is 1. The van der Waals surface area contributed by atoms with Crippen LogP contribution in [-0.2, 0) is 0 Å². The number of carbonyl (C=O) groups excluding carboxylic acids is 1. The number of nitrogens with one attached hydrogen (secondary N) is 1. The zero-order chi connectivity index (χ0) is 14.4. The van der Waals surface area contributed by atoms with Gasteiger partial charge in [-0.05, 0) is 44.7 Å². The zero-order valence-electron chi connectivity index (χ0n) is 12.0. The van der Waals surface area contributed by atoms with Gasteiger partial charge in [-0.15, -0.1) is 0 Å². The Labute approximate surface area is 120 Å². The Morgan fingerprint density at radius 1 is 1.50 bits per heavy atom. The van der Waals surface area contributed by atoms with Gasteiger partial charge in [0.15, 0.2) is 0 Å². The number of hydrogen-bond acceptors (Lipinski definition) is 4. The molecule has 1 aliphatic rings. The quantitative estimate of drug-likeness (QED) is 0.862. The minimum absolute atomic E-state index is 0.0251. The number of pyridine rings is 1. The molecule has 1 atom stereocenters. The Kier molecular flexibility index (Phi) is 5.35. The maximum Gasteiger partial charge on any atom is 0.272 e. The standard InChI is InChI=1S/C15H23N3O2/c1-2-16-14-8-5-7-13(17-14)15(20)18-10-4-3-6-12(18)9-11-19/h5,7-8,12,19H,2-4,6,9-11H2,1H3,(H,16,17). The van der Waals surface area contributed by atoms with E-state index in [4.69, 9.17) is 5.11 Å². The Morgan fingerprint density at radius 3 is 3.10 bits per heavy atom. The molecule has 20 heavy (non-hydrogen) atoms. The molecule has 1 aromatic heterocycles. The third-order valence-electron chi connectivity index (χ3n) is 3.68. The average Bonchev–Trinajstić information content (AvgIpc) is 2.48. The van der Waals surface area contributed by atoms with Crippen LogP contribution in [0.4, 0.5) is 5.82 Å². The van der Waals surface area contributed by atoms with Gasteiger partial charge in [0.25, 0.3) is 5.91 Å². The van der Waals surface area contributed by atoms with Crippen molar-refractivity contribution in [2.75, 3.05) is 25.0 Å². The lowest BCUT2D eigenvalue weighted by atomic mass is 9.99. The highest BCUT2D eigenvalue weighted by Crippen LogP contribution is 2.21. The van der Waals surface area contributed by atoms with Crippen molar-refractivity contribution in [3.05, 3.63) is 23.9 Å². The minimum atomic E-state index is -0.0251. The number of carbonyl (C=O) groups is 1. The molecule has 5 heteroatoms. The van der Waals surface area contributed by atoms with Crippen molar-refractivity contribution in [3.63, 3.8) is 0 Å². The summed E-state index contributed by atoms with van der Waals surface area (Å²) in [6.07, 6.45) is 3.78. The molecule has 0 bridgehead atoms. The van der Waals surface area contributed by atoms with Crippen molar-refractivity contribution in [3.8, 4) is 0 Å². The van der Waals surface area contributed by atoms with E-state index in [1.165, 1.54) is 0 Å². The molecular formula is C15H23N3O2. The molecule has 0 aromatic carbocycles. The number of rotatable bonds is 5. The van der Waals surface area contributed by atoms with Crippen LogP contribution in [0.5, 0.6) is 0 Å². The van der Waals surface area contributed by atoms with Crippen LogP contribution in [0.2, 0.25) is 0 Å². The fraction of sp³-hybridized carbons (Fsp3) is 0.600. The zero-order valence-corrected chi connectivity index (χ0v) is 12.0. The normalized spacial score (nSPS) is 18.9. The summed E-state index contributed by atoms with van der Waals surface area (Å²) in [7, 11) is 0. The van der Waals surface area contributed by atoms with Crippen LogP contribution in [0.25, 0.3) is 0 Å². The first kappa shape index (κ1) is 14.8. The van der Waals surface area contributed by atoms with Gasteiger partial charge < -0.3 is 15.3 Å². The van der Waals surface area contributed by atoms with Crippen LogP contribution in [0.1, 0.15) is 43.1 Å². The smallest absolute Gasteiger partial charge is 0.272 e. The van der Waals surface area contributed by atoms with Gasteiger partial charge in [-0.2, -0.15) is 0 Å². The second kappa shape index (κ2) is 7.24. The third-order valence-corrected chi connectivity index (χ3v) is 3.68. The van der Waals surface area contributed by atoms with Gasteiger partial charge in [0, 0.05) is 25.7 Å². The molecule has 0 saturated carbocycles. The summed E-state index contributed by atoms with van der Waals surface area (Å²) >= 11 is 0. The molecule has 1 unspecified atom stereocenters. The van der Waals surface area contributed by atoms with Crippen LogP contribution < -0.4 is 5.32 Å². The molecule has 2 heterocycles. The number of aliphatic hydroxyl groups excluding tert-OH is 1. The Morgan fingerprint density at radius 2 is 2.35 bits per heavy atom. The molecule has 1 saturated heterocycles. The molecule has 0 spiro atoms. The van der Waals surface area contributed by atoms with Crippen LogP contribution in [0.15, 0.2) is 18.2 Å². The highest BCUT2D eigenvalue weighted by atomic mass is 16.3. The third kappa shape index (κ3) is 3.48. The fourth-order valence-electron chi connectivity index (χ4n) is 2.70. The number of likely N-dealkylation sites (tertiary alicyclic amines) is 1. The molecule has 1 amide bonds. The predicted octanol–water partition coefficient (Wildman–Crippen LogP) is 1.89.